The van der Waals surface area contributed by atoms with Crippen molar-refractivity contribution in [2.45, 2.75) is 6.42 Å². The van der Waals surface area contributed by atoms with Gasteiger partial charge >= 0.3 is 5.97 Å². The Morgan fingerprint density at radius 2 is 2.17 bits per heavy atom. The summed E-state index contributed by atoms with van der Waals surface area (Å²) >= 11 is 1.42. The predicted octanol–water partition coefficient (Wildman–Crippen LogP) is 2.68. The number of nitrogen functional groups attached to an aromatic ring is 1. The summed E-state index contributed by atoms with van der Waals surface area (Å²) in [6.45, 7) is 0.972. The van der Waals surface area contributed by atoms with Gasteiger partial charge in [0.15, 0.2) is 0 Å². The van der Waals surface area contributed by atoms with Crippen molar-refractivity contribution in [3.05, 3.63) is 29.1 Å². The summed E-state index contributed by atoms with van der Waals surface area (Å²) < 4.78 is 11.1. The molecule has 0 spiro atoms. The Kier molecular flexibility index (Phi) is 4.17. The van der Waals surface area contributed by atoms with Gasteiger partial charge in [0.05, 0.1) is 6.61 Å². The van der Waals surface area contributed by atoms with Gasteiger partial charge in [0.2, 0.25) is 0 Å². The molecule has 0 unspecified atom stereocenters. The van der Waals surface area contributed by atoms with Crippen molar-refractivity contribution in [3.63, 3.8) is 0 Å². The first-order valence-electron chi connectivity index (χ1n) is 5.66. The van der Waals surface area contributed by atoms with Gasteiger partial charge in [-0.25, -0.2) is 4.79 Å². The van der Waals surface area contributed by atoms with Gasteiger partial charge in [-0.15, -0.1) is 11.3 Å². The molecule has 5 heteroatoms. The zero-order chi connectivity index (χ0) is 13.0. The molecule has 0 atom stereocenters. The molecule has 96 valence electrons. The van der Waals surface area contributed by atoms with Gasteiger partial charge < -0.3 is 15.2 Å². The van der Waals surface area contributed by atoms with Crippen molar-refractivity contribution in [2.24, 2.45) is 0 Å². The van der Waals surface area contributed by atoms with Crippen molar-refractivity contribution < 1.29 is 14.3 Å². The fourth-order valence-electron chi connectivity index (χ4n) is 1.60. The molecule has 2 rings (SSSR count). The van der Waals surface area contributed by atoms with Gasteiger partial charge in [0.25, 0.3) is 0 Å². The van der Waals surface area contributed by atoms with E-state index < -0.39 is 0 Å². The molecule has 0 aliphatic rings. The van der Waals surface area contributed by atoms with E-state index in [2.05, 4.69) is 0 Å². The van der Waals surface area contributed by atoms with Gasteiger partial charge in [-0.3, -0.25) is 0 Å². The molecule has 0 amide bonds. The second kappa shape index (κ2) is 5.84. The van der Waals surface area contributed by atoms with Crippen LogP contribution in [0.2, 0.25) is 0 Å². The third-order valence-electron chi connectivity index (χ3n) is 2.47. The molecule has 0 fully saturated rings. The topological polar surface area (TPSA) is 61.5 Å². The van der Waals surface area contributed by atoms with E-state index in [1.807, 2.05) is 24.3 Å². The first kappa shape index (κ1) is 12.9. The van der Waals surface area contributed by atoms with Gasteiger partial charge in [0.1, 0.15) is 4.88 Å². The van der Waals surface area contributed by atoms with Crippen molar-refractivity contribution in [2.75, 3.05) is 26.1 Å². The Morgan fingerprint density at radius 1 is 1.33 bits per heavy atom. The summed E-state index contributed by atoms with van der Waals surface area (Å²) in [7, 11) is 1.62. The molecule has 2 aromatic rings. The molecule has 18 heavy (non-hydrogen) atoms. The maximum Gasteiger partial charge on any atom is 0.348 e. The molecule has 0 saturated carbocycles. The van der Waals surface area contributed by atoms with Crippen molar-refractivity contribution in [1.82, 2.24) is 0 Å². The zero-order valence-electron chi connectivity index (χ0n) is 10.1. The Labute approximate surface area is 109 Å². The minimum Gasteiger partial charge on any atom is -0.461 e. The fraction of sp³-hybridized carbons (Fsp3) is 0.308. The van der Waals surface area contributed by atoms with Crippen molar-refractivity contribution in [1.29, 1.82) is 0 Å². The van der Waals surface area contributed by atoms with E-state index in [0.717, 1.165) is 10.1 Å². The normalized spacial score (nSPS) is 10.7. The number of hydrogen-bond donors (Lipinski definition) is 1. The van der Waals surface area contributed by atoms with Crippen LogP contribution >= 0.6 is 11.3 Å². The van der Waals surface area contributed by atoms with Gasteiger partial charge in [-0.1, -0.05) is 0 Å². The van der Waals surface area contributed by atoms with E-state index in [-0.39, 0.29) is 5.97 Å². The summed E-state index contributed by atoms with van der Waals surface area (Å²) in [5.74, 6) is -0.286. The summed E-state index contributed by atoms with van der Waals surface area (Å²) in [5.41, 5.74) is 6.39. The monoisotopic (exact) mass is 265 g/mol. The number of anilines is 1. The number of hydrogen-bond acceptors (Lipinski definition) is 5. The van der Waals surface area contributed by atoms with E-state index >= 15 is 0 Å². The average molecular weight is 265 g/mol. The Hall–Kier alpha value is -1.59. The number of rotatable bonds is 5. The SMILES string of the molecule is COCCCOC(=O)c1cc2cc(N)ccc2s1. The molecule has 1 aromatic carbocycles. The quantitative estimate of drug-likeness (QED) is 0.513. The minimum absolute atomic E-state index is 0.286. The number of fused-ring (bicyclic) bond motifs is 1. The summed E-state index contributed by atoms with van der Waals surface area (Å²) in [5, 5.41) is 0.976. The summed E-state index contributed by atoms with van der Waals surface area (Å²) in [4.78, 5) is 12.4. The number of benzene rings is 1. The molecule has 0 radical (unpaired) electrons. The number of ether oxygens (including phenoxy) is 2. The highest BCUT2D eigenvalue weighted by atomic mass is 32.1. The van der Waals surface area contributed by atoms with Crippen LogP contribution in [0.4, 0.5) is 5.69 Å². The molecule has 0 saturated heterocycles. The van der Waals surface area contributed by atoms with E-state index in [1.54, 1.807) is 7.11 Å². The maximum absolute atomic E-state index is 11.8. The molecule has 0 aliphatic heterocycles. The highest BCUT2D eigenvalue weighted by molar-refractivity contribution is 7.20. The lowest BCUT2D eigenvalue weighted by molar-refractivity contribution is 0.0474. The Bertz CT molecular complexity index is 550. The smallest absolute Gasteiger partial charge is 0.348 e. The van der Waals surface area contributed by atoms with Crippen LogP contribution in [0.15, 0.2) is 24.3 Å². The Morgan fingerprint density at radius 3 is 2.94 bits per heavy atom. The van der Waals surface area contributed by atoms with Crippen molar-refractivity contribution in [3.8, 4) is 0 Å². The lowest BCUT2D eigenvalue weighted by Gasteiger charge is -2.01. The van der Waals surface area contributed by atoms with Crippen LogP contribution in [0.25, 0.3) is 10.1 Å². The molecular formula is C13H15NO3S. The first-order chi connectivity index (χ1) is 8.70. The van der Waals surface area contributed by atoms with Gasteiger partial charge in [0, 0.05) is 30.5 Å². The lowest BCUT2D eigenvalue weighted by Crippen LogP contribution is -2.06. The largest absolute Gasteiger partial charge is 0.461 e. The number of carbonyl (C=O) groups excluding carboxylic acids is 1. The molecule has 0 bridgehead atoms. The zero-order valence-corrected chi connectivity index (χ0v) is 11.0. The number of methoxy groups -OCH3 is 1. The summed E-state index contributed by atoms with van der Waals surface area (Å²) in [6.07, 6.45) is 0.708. The standard InChI is InChI=1S/C13H15NO3S/c1-16-5-2-6-17-13(15)12-8-9-7-10(14)3-4-11(9)18-12/h3-4,7-8H,2,5-6,14H2,1H3. The molecule has 1 heterocycles. The van der Waals surface area contributed by atoms with Crippen molar-refractivity contribution >= 4 is 33.1 Å². The first-order valence-corrected chi connectivity index (χ1v) is 6.47. The maximum atomic E-state index is 11.8. The number of thiophene rings is 1. The third-order valence-corrected chi connectivity index (χ3v) is 3.56. The van der Waals surface area contributed by atoms with Crippen LogP contribution in [-0.4, -0.2) is 26.3 Å². The molecular weight excluding hydrogens is 250 g/mol. The van der Waals surface area contributed by atoms with E-state index in [1.165, 1.54) is 11.3 Å². The van der Waals surface area contributed by atoms with Crippen LogP contribution in [-0.2, 0) is 9.47 Å². The predicted molar refractivity (Wildman–Crippen MR) is 73.0 cm³/mol. The van der Waals surface area contributed by atoms with Crippen LogP contribution in [0.5, 0.6) is 0 Å². The third kappa shape index (κ3) is 3.00. The van der Waals surface area contributed by atoms with Crippen LogP contribution in [0.1, 0.15) is 16.1 Å². The second-order valence-electron chi connectivity index (χ2n) is 3.89. The molecule has 0 aliphatic carbocycles. The number of carbonyl (C=O) groups is 1. The average Bonchev–Trinajstić information content (AvgIpc) is 2.77. The summed E-state index contributed by atoms with van der Waals surface area (Å²) in [6, 6.07) is 7.41. The molecule has 4 nitrogen and oxygen atoms in total. The molecule has 2 N–H and O–H groups in total. The van der Waals surface area contributed by atoms with Crippen LogP contribution < -0.4 is 5.73 Å². The highest BCUT2D eigenvalue weighted by Crippen LogP contribution is 2.27. The van der Waals surface area contributed by atoms with E-state index in [4.69, 9.17) is 15.2 Å². The number of nitrogens with two attached hydrogens (primary N) is 1. The highest BCUT2D eigenvalue weighted by Gasteiger charge is 2.11. The van der Waals surface area contributed by atoms with Gasteiger partial charge in [-0.05, 0) is 29.7 Å². The lowest BCUT2D eigenvalue weighted by atomic mass is 10.2. The van der Waals surface area contributed by atoms with Gasteiger partial charge in [-0.2, -0.15) is 0 Å². The fourth-order valence-corrected chi connectivity index (χ4v) is 2.54. The van der Waals surface area contributed by atoms with E-state index in [9.17, 15) is 4.79 Å². The second-order valence-corrected chi connectivity index (χ2v) is 4.97. The van der Waals surface area contributed by atoms with Crippen LogP contribution in [0.3, 0.4) is 0 Å². The number of esters is 1. The minimum atomic E-state index is -0.286. The Balaban J connectivity index is 2.04. The van der Waals surface area contributed by atoms with Crippen LogP contribution in [0, 0.1) is 0 Å². The van der Waals surface area contributed by atoms with E-state index in [0.29, 0.717) is 30.2 Å². The molecule has 1 aromatic heterocycles.